The first-order valence-electron chi connectivity index (χ1n) is 8.29. The van der Waals surface area contributed by atoms with Gasteiger partial charge in [-0.25, -0.2) is 9.97 Å². The largest absolute Gasteiger partial charge is 0.497 e. The number of ether oxygens (including phenoxy) is 1. The summed E-state index contributed by atoms with van der Waals surface area (Å²) in [5, 5.41) is 7.81. The number of hydrogen-bond acceptors (Lipinski definition) is 5. The van der Waals surface area contributed by atoms with Crippen LogP contribution in [0.25, 0.3) is 11.4 Å². The van der Waals surface area contributed by atoms with E-state index >= 15 is 0 Å². The first-order valence-corrected chi connectivity index (χ1v) is 8.29. The number of hydrogen-bond donors (Lipinski definition) is 1. The van der Waals surface area contributed by atoms with Crippen LogP contribution in [0.4, 0.5) is 5.82 Å². The van der Waals surface area contributed by atoms with E-state index < -0.39 is 0 Å². The van der Waals surface area contributed by atoms with Crippen LogP contribution in [0.5, 0.6) is 5.75 Å². The molecule has 0 spiro atoms. The molecule has 0 amide bonds. The van der Waals surface area contributed by atoms with Gasteiger partial charge in [0.25, 0.3) is 0 Å². The highest BCUT2D eigenvalue weighted by molar-refractivity contribution is 5.62. The van der Waals surface area contributed by atoms with Gasteiger partial charge in [0, 0.05) is 25.5 Å². The Kier molecular flexibility index (Phi) is 4.97. The summed E-state index contributed by atoms with van der Waals surface area (Å²) in [7, 11) is 3.61. The predicted molar refractivity (Wildman–Crippen MR) is 98.9 cm³/mol. The van der Waals surface area contributed by atoms with Crippen molar-refractivity contribution in [2.24, 2.45) is 7.05 Å². The van der Waals surface area contributed by atoms with Gasteiger partial charge in [0.2, 0.25) is 0 Å². The van der Waals surface area contributed by atoms with Crippen molar-refractivity contribution in [1.29, 1.82) is 0 Å². The lowest BCUT2D eigenvalue weighted by atomic mass is 10.1. The third-order valence-electron chi connectivity index (χ3n) is 4.27. The fraction of sp³-hybridized carbons (Fsp3) is 0.316. The van der Waals surface area contributed by atoms with Gasteiger partial charge < -0.3 is 10.1 Å². The van der Waals surface area contributed by atoms with Gasteiger partial charge >= 0.3 is 0 Å². The van der Waals surface area contributed by atoms with Gasteiger partial charge in [-0.15, -0.1) is 0 Å². The first-order chi connectivity index (χ1) is 12.1. The maximum atomic E-state index is 5.18. The van der Waals surface area contributed by atoms with Gasteiger partial charge in [0.15, 0.2) is 5.82 Å². The van der Waals surface area contributed by atoms with Gasteiger partial charge in [0.1, 0.15) is 11.6 Å². The molecule has 2 heterocycles. The lowest BCUT2D eigenvalue weighted by Crippen LogP contribution is -2.07. The Balaban J connectivity index is 1.67. The number of nitrogens with one attached hydrogen (secondary N) is 1. The Morgan fingerprint density at radius 1 is 1.12 bits per heavy atom. The molecule has 1 aromatic carbocycles. The molecule has 6 heteroatoms. The highest BCUT2D eigenvalue weighted by Gasteiger charge is 2.14. The quantitative estimate of drug-likeness (QED) is 0.748. The van der Waals surface area contributed by atoms with E-state index in [1.54, 1.807) is 13.3 Å². The molecular formula is C19H23N5O. The molecule has 0 aliphatic rings. The minimum atomic E-state index is 0.706. The summed E-state index contributed by atoms with van der Waals surface area (Å²) in [5.41, 5.74) is 4.26. The van der Waals surface area contributed by atoms with Crippen LogP contribution in [0.1, 0.15) is 17.0 Å². The van der Waals surface area contributed by atoms with Crippen LogP contribution in [0.3, 0.4) is 0 Å². The van der Waals surface area contributed by atoms with E-state index in [0.717, 1.165) is 41.5 Å². The summed E-state index contributed by atoms with van der Waals surface area (Å²) in [4.78, 5) is 9.05. The molecule has 0 aliphatic carbocycles. The molecule has 2 aromatic heterocycles. The zero-order valence-corrected chi connectivity index (χ0v) is 15.1. The molecule has 1 N–H and O–H groups in total. The highest BCUT2D eigenvalue weighted by atomic mass is 16.5. The maximum absolute atomic E-state index is 5.18. The molecule has 0 bridgehead atoms. The van der Waals surface area contributed by atoms with Crippen LogP contribution in [0.15, 0.2) is 36.5 Å². The van der Waals surface area contributed by atoms with E-state index in [1.165, 1.54) is 5.56 Å². The minimum Gasteiger partial charge on any atom is -0.497 e. The number of benzene rings is 1. The fourth-order valence-electron chi connectivity index (χ4n) is 2.80. The third-order valence-corrected chi connectivity index (χ3v) is 4.27. The van der Waals surface area contributed by atoms with Crippen LogP contribution in [-0.4, -0.2) is 33.4 Å². The molecule has 0 atom stereocenters. The van der Waals surface area contributed by atoms with Gasteiger partial charge in [-0.3, -0.25) is 4.68 Å². The Bertz CT molecular complexity index is 855. The Labute approximate surface area is 147 Å². The molecule has 0 radical (unpaired) electrons. The van der Waals surface area contributed by atoms with Gasteiger partial charge in [-0.05, 0) is 44.0 Å². The molecule has 0 unspecified atom stereocenters. The van der Waals surface area contributed by atoms with E-state index in [1.807, 2.05) is 43.8 Å². The summed E-state index contributed by atoms with van der Waals surface area (Å²) in [6.45, 7) is 4.81. The zero-order valence-electron chi connectivity index (χ0n) is 15.1. The molecule has 3 rings (SSSR count). The molecule has 25 heavy (non-hydrogen) atoms. The van der Waals surface area contributed by atoms with E-state index in [9.17, 15) is 0 Å². The molecule has 3 aromatic rings. The van der Waals surface area contributed by atoms with Crippen molar-refractivity contribution in [3.63, 3.8) is 0 Å². The van der Waals surface area contributed by atoms with Crippen molar-refractivity contribution in [3.05, 3.63) is 53.5 Å². The van der Waals surface area contributed by atoms with E-state index in [0.29, 0.717) is 5.82 Å². The molecule has 130 valence electrons. The lowest BCUT2D eigenvalue weighted by molar-refractivity contribution is 0.414. The standard InChI is InChI=1S/C19H23N5O/c1-13-18(14(2)24(3)23-13)19-21-12-10-17(22-19)20-11-9-15-5-7-16(25-4)8-6-15/h5-8,10,12H,9,11H2,1-4H3,(H,20,21,22). The second-order valence-electron chi connectivity index (χ2n) is 5.96. The van der Waals surface area contributed by atoms with Crippen LogP contribution < -0.4 is 10.1 Å². The molecular weight excluding hydrogens is 314 g/mol. The Morgan fingerprint density at radius 2 is 1.88 bits per heavy atom. The Hall–Kier alpha value is -2.89. The zero-order chi connectivity index (χ0) is 17.8. The summed E-state index contributed by atoms with van der Waals surface area (Å²) >= 11 is 0. The lowest BCUT2D eigenvalue weighted by Gasteiger charge is -2.08. The predicted octanol–water partition coefficient (Wildman–Crippen LogP) is 3.16. The van der Waals surface area contributed by atoms with Crippen molar-refractivity contribution < 1.29 is 4.74 Å². The summed E-state index contributed by atoms with van der Waals surface area (Å²) in [6.07, 6.45) is 2.69. The average molecular weight is 337 g/mol. The van der Waals surface area contributed by atoms with Crippen LogP contribution in [0.2, 0.25) is 0 Å². The summed E-state index contributed by atoms with van der Waals surface area (Å²) in [6, 6.07) is 10.00. The monoisotopic (exact) mass is 337 g/mol. The summed E-state index contributed by atoms with van der Waals surface area (Å²) < 4.78 is 7.04. The average Bonchev–Trinajstić information content (AvgIpc) is 2.88. The smallest absolute Gasteiger partial charge is 0.165 e. The van der Waals surface area contributed by atoms with Gasteiger partial charge in [-0.2, -0.15) is 5.10 Å². The highest BCUT2D eigenvalue weighted by Crippen LogP contribution is 2.23. The first kappa shape index (κ1) is 17.0. The third kappa shape index (κ3) is 3.79. The SMILES string of the molecule is COc1ccc(CCNc2ccnc(-c3c(C)nn(C)c3C)n2)cc1. The van der Waals surface area contributed by atoms with Crippen LogP contribution in [-0.2, 0) is 13.5 Å². The van der Waals surface area contributed by atoms with Crippen molar-refractivity contribution >= 4 is 5.82 Å². The van der Waals surface area contributed by atoms with Gasteiger partial charge in [0.05, 0.1) is 18.4 Å². The fourth-order valence-corrected chi connectivity index (χ4v) is 2.80. The molecule has 0 fully saturated rings. The normalized spacial score (nSPS) is 10.7. The maximum Gasteiger partial charge on any atom is 0.165 e. The molecule has 0 saturated heterocycles. The van der Waals surface area contributed by atoms with E-state index in [2.05, 4.69) is 32.5 Å². The number of nitrogens with zero attached hydrogens (tertiary/aromatic N) is 4. The second kappa shape index (κ2) is 7.34. The van der Waals surface area contributed by atoms with Crippen molar-refractivity contribution in [3.8, 4) is 17.1 Å². The van der Waals surface area contributed by atoms with Gasteiger partial charge in [-0.1, -0.05) is 12.1 Å². The molecule has 0 aliphatic heterocycles. The van der Waals surface area contributed by atoms with Crippen molar-refractivity contribution in [2.45, 2.75) is 20.3 Å². The topological polar surface area (TPSA) is 64.9 Å². The number of aryl methyl sites for hydroxylation is 2. The minimum absolute atomic E-state index is 0.706. The second-order valence-corrected chi connectivity index (χ2v) is 5.96. The van der Waals surface area contributed by atoms with Crippen LogP contribution in [0, 0.1) is 13.8 Å². The van der Waals surface area contributed by atoms with Crippen molar-refractivity contribution in [1.82, 2.24) is 19.7 Å². The Morgan fingerprint density at radius 3 is 2.52 bits per heavy atom. The van der Waals surface area contributed by atoms with E-state index in [-0.39, 0.29) is 0 Å². The molecule has 0 saturated carbocycles. The number of rotatable bonds is 6. The summed E-state index contributed by atoms with van der Waals surface area (Å²) in [5.74, 6) is 2.40. The van der Waals surface area contributed by atoms with E-state index in [4.69, 9.17) is 4.74 Å². The number of anilines is 1. The van der Waals surface area contributed by atoms with Crippen molar-refractivity contribution in [2.75, 3.05) is 19.0 Å². The van der Waals surface area contributed by atoms with Crippen LogP contribution >= 0.6 is 0 Å². The number of aromatic nitrogens is 4. The number of methoxy groups -OCH3 is 1. The molecule has 6 nitrogen and oxygen atoms in total.